The third-order valence-corrected chi connectivity index (χ3v) is 4.91. The maximum Gasteiger partial charge on any atom is 0.158 e. The lowest BCUT2D eigenvalue weighted by Gasteiger charge is -2.17. The van der Waals surface area contributed by atoms with Gasteiger partial charge in [-0.05, 0) is 38.0 Å². The second-order valence-electron chi connectivity index (χ2n) is 6.12. The molecule has 0 spiro atoms. The summed E-state index contributed by atoms with van der Waals surface area (Å²) in [4.78, 5) is 4.80. The van der Waals surface area contributed by atoms with E-state index in [9.17, 15) is 0 Å². The Balaban J connectivity index is 2.16. The van der Waals surface area contributed by atoms with Gasteiger partial charge in [-0.15, -0.1) is 11.6 Å². The Morgan fingerprint density at radius 2 is 2.05 bits per heavy atom. The summed E-state index contributed by atoms with van der Waals surface area (Å²) >= 11 is 6.36. The van der Waals surface area contributed by atoms with E-state index in [0.717, 1.165) is 35.6 Å². The van der Waals surface area contributed by atoms with Crippen molar-refractivity contribution in [3.8, 4) is 0 Å². The first-order valence-electron chi connectivity index (χ1n) is 7.57. The number of halogens is 1. The number of fused-ring (bicyclic) bond motifs is 1. The Morgan fingerprint density at radius 1 is 1.35 bits per heavy atom. The highest BCUT2D eigenvalue weighted by Crippen LogP contribution is 2.50. The van der Waals surface area contributed by atoms with E-state index in [2.05, 4.69) is 23.5 Å². The van der Waals surface area contributed by atoms with Crippen molar-refractivity contribution in [1.82, 2.24) is 19.3 Å². The van der Waals surface area contributed by atoms with Crippen LogP contribution in [0.25, 0.3) is 11.2 Å². The van der Waals surface area contributed by atoms with E-state index in [1.165, 1.54) is 19.3 Å². The standard InChI is InChI=1S/C15H23ClN4/c1-5-11-12-14(19(4)18-11)20(13(17-12)10(3)16)9-15(6-2)7-8-15/h10H,5-9H2,1-4H3. The van der Waals surface area contributed by atoms with Gasteiger partial charge in [-0.3, -0.25) is 4.68 Å². The van der Waals surface area contributed by atoms with E-state index >= 15 is 0 Å². The van der Waals surface area contributed by atoms with E-state index in [4.69, 9.17) is 16.6 Å². The molecular formula is C15H23ClN4. The van der Waals surface area contributed by atoms with Gasteiger partial charge in [0.1, 0.15) is 11.3 Å². The van der Waals surface area contributed by atoms with Crippen LogP contribution in [0.2, 0.25) is 0 Å². The number of imidazole rings is 1. The van der Waals surface area contributed by atoms with Crippen LogP contribution in [0.15, 0.2) is 0 Å². The molecule has 1 atom stereocenters. The van der Waals surface area contributed by atoms with Crippen molar-refractivity contribution in [2.24, 2.45) is 12.5 Å². The zero-order chi connectivity index (χ0) is 14.5. The van der Waals surface area contributed by atoms with Crippen LogP contribution in [0.5, 0.6) is 0 Å². The molecule has 1 unspecified atom stereocenters. The van der Waals surface area contributed by atoms with Crippen LogP contribution in [0.4, 0.5) is 0 Å². The molecule has 110 valence electrons. The molecule has 0 aromatic carbocycles. The highest BCUT2D eigenvalue weighted by atomic mass is 35.5. The predicted octanol–water partition coefficient (Wildman–Crippen LogP) is 3.82. The molecule has 3 rings (SSSR count). The molecule has 2 aromatic heterocycles. The number of alkyl halides is 1. The van der Waals surface area contributed by atoms with E-state index in [-0.39, 0.29) is 5.38 Å². The Kier molecular flexibility index (Phi) is 3.32. The lowest BCUT2D eigenvalue weighted by Crippen LogP contribution is -2.15. The van der Waals surface area contributed by atoms with Gasteiger partial charge < -0.3 is 4.57 Å². The summed E-state index contributed by atoms with van der Waals surface area (Å²) in [5.41, 5.74) is 3.69. The minimum Gasteiger partial charge on any atom is -0.311 e. The van der Waals surface area contributed by atoms with E-state index in [0.29, 0.717) is 5.41 Å². The van der Waals surface area contributed by atoms with E-state index in [1.807, 2.05) is 18.7 Å². The molecule has 0 bridgehead atoms. The molecule has 0 radical (unpaired) electrons. The van der Waals surface area contributed by atoms with Gasteiger partial charge in [0, 0.05) is 13.6 Å². The van der Waals surface area contributed by atoms with E-state index < -0.39 is 0 Å². The van der Waals surface area contributed by atoms with Crippen LogP contribution in [0.1, 0.15) is 56.9 Å². The maximum atomic E-state index is 6.36. The van der Waals surface area contributed by atoms with E-state index in [1.54, 1.807) is 0 Å². The van der Waals surface area contributed by atoms with Gasteiger partial charge >= 0.3 is 0 Å². The second kappa shape index (κ2) is 4.76. The zero-order valence-electron chi connectivity index (χ0n) is 12.8. The molecule has 5 heteroatoms. The van der Waals surface area contributed by atoms with Gasteiger partial charge in [0.05, 0.1) is 11.1 Å². The lowest BCUT2D eigenvalue weighted by molar-refractivity contribution is 0.403. The minimum atomic E-state index is -0.0697. The molecule has 2 heterocycles. The van der Waals surface area contributed by atoms with Crippen molar-refractivity contribution in [2.45, 2.75) is 58.4 Å². The summed E-state index contributed by atoms with van der Waals surface area (Å²) in [6, 6.07) is 0. The Hall–Kier alpha value is -1.03. The number of aryl methyl sites for hydroxylation is 2. The number of rotatable bonds is 5. The second-order valence-corrected chi connectivity index (χ2v) is 6.78. The topological polar surface area (TPSA) is 35.6 Å². The average molecular weight is 295 g/mol. The molecule has 0 aliphatic heterocycles. The normalized spacial score (nSPS) is 18.6. The van der Waals surface area contributed by atoms with Crippen molar-refractivity contribution in [3.05, 3.63) is 11.5 Å². The van der Waals surface area contributed by atoms with Crippen molar-refractivity contribution >= 4 is 22.8 Å². The first-order valence-corrected chi connectivity index (χ1v) is 8.01. The smallest absolute Gasteiger partial charge is 0.158 e. The first-order chi connectivity index (χ1) is 9.51. The maximum absolute atomic E-state index is 6.36. The molecule has 2 aromatic rings. The van der Waals surface area contributed by atoms with Gasteiger partial charge in [-0.2, -0.15) is 5.10 Å². The molecule has 1 fully saturated rings. The quantitative estimate of drug-likeness (QED) is 0.786. The van der Waals surface area contributed by atoms with Crippen molar-refractivity contribution < 1.29 is 0 Å². The van der Waals surface area contributed by atoms with Crippen LogP contribution in [-0.4, -0.2) is 19.3 Å². The highest BCUT2D eigenvalue weighted by molar-refractivity contribution is 6.20. The summed E-state index contributed by atoms with van der Waals surface area (Å²) in [6.45, 7) is 7.43. The van der Waals surface area contributed by atoms with Crippen molar-refractivity contribution in [1.29, 1.82) is 0 Å². The van der Waals surface area contributed by atoms with Crippen LogP contribution in [-0.2, 0) is 20.0 Å². The van der Waals surface area contributed by atoms with Gasteiger partial charge in [-0.1, -0.05) is 13.8 Å². The Labute approximate surface area is 125 Å². The summed E-state index contributed by atoms with van der Waals surface area (Å²) in [6.07, 6.45) is 4.76. The molecule has 0 saturated heterocycles. The SMILES string of the molecule is CCc1nn(C)c2c1nc(C(C)Cl)n2CC1(CC)CC1. The number of aromatic nitrogens is 4. The van der Waals surface area contributed by atoms with Crippen LogP contribution >= 0.6 is 11.6 Å². The molecule has 1 aliphatic rings. The molecule has 0 amide bonds. The largest absolute Gasteiger partial charge is 0.311 e. The molecular weight excluding hydrogens is 272 g/mol. The third kappa shape index (κ3) is 2.05. The van der Waals surface area contributed by atoms with Gasteiger partial charge in [-0.25, -0.2) is 4.98 Å². The molecule has 20 heavy (non-hydrogen) atoms. The monoisotopic (exact) mass is 294 g/mol. The molecule has 1 saturated carbocycles. The van der Waals surface area contributed by atoms with Crippen LogP contribution < -0.4 is 0 Å². The number of hydrogen-bond donors (Lipinski definition) is 0. The summed E-state index contributed by atoms with van der Waals surface area (Å²) in [5, 5.41) is 4.53. The number of hydrogen-bond acceptors (Lipinski definition) is 2. The van der Waals surface area contributed by atoms with Gasteiger partial charge in [0.2, 0.25) is 0 Å². The molecule has 4 nitrogen and oxygen atoms in total. The van der Waals surface area contributed by atoms with Crippen molar-refractivity contribution in [3.63, 3.8) is 0 Å². The van der Waals surface area contributed by atoms with Gasteiger partial charge in [0.15, 0.2) is 5.65 Å². The summed E-state index contributed by atoms with van der Waals surface area (Å²) in [5.74, 6) is 0.990. The van der Waals surface area contributed by atoms with Gasteiger partial charge in [0.25, 0.3) is 0 Å². The zero-order valence-corrected chi connectivity index (χ0v) is 13.5. The van der Waals surface area contributed by atoms with Crippen molar-refractivity contribution in [2.75, 3.05) is 0 Å². The highest BCUT2D eigenvalue weighted by Gasteiger charge is 2.42. The fourth-order valence-electron chi connectivity index (χ4n) is 3.09. The predicted molar refractivity (Wildman–Crippen MR) is 82.1 cm³/mol. The fourth-order valence-corrected chi connectivity index (χ4v) is 3.26. The third-order valence-electron chi connectivity index (χ3n) is 4.71. The molecule has 1 aliphatic carbocycles. The lowest BCUT2D eigenvalue weighted by atomic mass is 10.0. The first kappa shape index (κ1) is 13.9. The Morgan fingerprint density at radius 3 is 2.55 bits per heavy atom. The van der Waals surface area contributed by atoms with Crippen LogP contribution in [0, 0.1) is 5.41 Å². The minimum absolute atomic E-state index is 0.0697. The fraction of sp³-hybridized carbons (Fsp3) is 0.733. The Bertz CT molecular complexity index is 634. The number of nitrogens with zero attached hydrogens (tertiary/aromatic N) is 4. The summed E-state index contributed by atoms with van der Waals surface area (Å²) < 4.78 is 4.28. The average Bonchev–Trinajstić information content (AvgIpc) is 2.98. The van der Waals surface area contributed by atoms with Crippen LogP contribution in [0.3, 0.4) is 0 Å². The molecule has 0 N–H and O–H groups in total. The summed E-state index contributed by atoms with van der Waals surface area (Å²) in [7, 11) is 2.01.